The van der Waals surface area contributed by atoms with Gasteiger partial charge < -0.3 is 39.4 Å². The van der Waals surface area contributed by atoms with E-state index in [-0.39, 0.29) is 32.0 Å². The van der Waals surface area contributed by atoms with Crippen LogP contribution in [-0.4, -0.2) is 89.0 Å². The molecule has 1 aliphatic heterocycles. The molecule has 0 spiro atoms. The molecule has 0 amide bonds. The van der Waals surface area contributed by atoms with E-state index in [0.29, 0.717) is 6.42 Å². The average Bonchev–Trinajstić information content (AvgIpc) is 3.10. The summed E-state index contributed by atoms with van der Waals surface area (Å²) < 4.78 is 22.0. The molecule has 1 rings (SSSR count). The molecule has 0 unspecified atom stereocenters. The van der Waals surface area contributed by atoms with Crippen molar-refractivity contribution in [3.63, 3.8) is 0 Å². The normalized spacial score (nSPS) is 21.6. The van der Waals surface area contributed by atoms with Gasteiger partial charge in [0.1, 0.15) is 31.0 Å². The molecule has 10 heteroatoms. The molecule has 1 aliphatic rings. The zero-order valence-corrected chi connectivity index (χ0v) is 30.9. The molecule has 0 radical (unpaired) electrons. The SMILES string of the molecule is CCCCCC/C=C\CCCCCCCC(=O)OC[C@@H](CO[C@@H]1O[C@H](CO)[C@H](O)[C@H](O)[C@H]1O)OC(=O)CCCCCCCCCCCCC. The van der Waals surface area contributed by atoms with Gasteiger partial charge in [0, 0.05) is 12.8 Å². The van der Waals surface area contributed by atoms with E-state index >= 15 is 0 Å². The van der Waals surface area contributed by atoms with Crippen molar-refractivity contribution in [2.24, 2.45) is 0 Å². The number of hydrogen-bond donors (Lipinski definition) is 4. The Hall–Kier alpha value is -1.56. The second kappa shape index (κ2) is 31.2. The molecular formula is C39H72O10. The molecule has 49 heavy (non-hydrogen) atoms. The van der Waals surface area contributed by atoms with E-state index in [1.807, 2.05) is 0 Å². The second-order valence-electron chi connectivity index (χ2n) is 13.7. The lowest BCUT2D eigenvalue weighted by atomic mass is 9.99. The molecule has 0 aliphatic carbocycles. The quantitative estimate of drug-likeness (QED) is 0.0322. The highest BCUT2D eigenvalue weighted by molar-refractivity contribution is 5.70. The first-order valence-electron chi connectivity index (χ1n) is 19.8. The van der Waals surface area contributed by atoms with E-state index in [2.05, 4.69) is 26.0 Å². The number of aliphatic hydroxyl groups excluding tert-OH is 4. The van der Waals surface area contributed by atoms with Gasteiger partial charge in [0.05, 0.1) is 13.2 Å². The first-order chi connectivity index (χ1) is 23.8. The van der Waals surface area contributed by atoms with E-state index in [9.17, 15) is 30.0 Å². The number of unbranched alkanes of at least 4 members (excludes halogenated alkanes) is 19. The van der Waals surface area contributed by atoms with Crippen LogP contribution in [0.1, 0.15) is 168 Å². The van der Waals surface area contributed by atoms with E-state index in [1.54, 1.807) is 0 Å². The number of hydrogen-bond acceptors (Lipinski definition) is 10. The molecule has 0 bridgehead atoms. The fourth-order valence-electron chi connectivity index (χ4n) is 5.95. The number of allylic oxidation sites excluding steroid dienone is 2. The number of ether oxygens (including phenoxy) is 4. The van der Waals surface area contributed by atoms with Gasteiger partial charge in [-0.1, -0.05) is 129 Å². The van der Waals surface area contributed by atoms with Gasteiger partial charge in [-0.15, -0.1) is 0 Å². The molecule has 10 nitrogen and oxygen atoms in total. The summed E-state index contributed by atoms with van der Waals surface area (Å²) in [6.45, 7) is 3.38. The van der Waals surface area contributed by atoms with Crippen LogP contribution in [0.4, 0.5) is 0 Å². The van der Waals surface area contributed by atoms with Gasteiger partial charge in [-0.2, -0.15) is 0 Å². The van der Waals surface area contributed by atoms with Gasteiger partial charge in [-0.25, -0.2) is 0 Å². The molecule has 6 atom stereocenters. The minimum absolute atomic E-state index is 0.217. The van der Waals surface area contributed by atoms with Crippen LogP contribution in [-0.2, 0) is 28.5 Å². The van der Waals surface area contributed by atoms with Crippen LogP contribution >= 0.6 is 0 Å². The highest BCUT2D eigenvalue weighted by Gasteiger charge is 2.44. The standard InChI is InChI=1S/C39H72O10/c1-3-5-7-9-11-13-15-16-18-19-21-23-25-27-34(41)46-30-32(31-47-39-38(45)37(44)36(43)33(29-40)49-39)48-35(42)28-26-24-22-20-17-14-12-10-8-6-4-2/h13,15,32-33,36-40,43-45H,3-12,14,16-31H2,1-2H3/b15-13-/t32-,33+,36-,37-,38+,39+/m0/s1. The Labute approximate surface area is 297 Å². The van der Waals surface area contributed by atoms with Crippen molar-refractivity contribution >= 4 is 11.9 Å². The Kier molecular flexibility index (Phi) is 28.9. The summed E-state index contributed by atoms with van der Waals surface area (Å²) in [5.41, 5.74) is 0. The number of aliphatic hydroxyl groups is 4. The fraction of sp³-hybridized carbons (Fsp3) is 0.897. The van der Waals surface area contributed by atoms with Crippen LogP contribution in [0.2, 0.25) is 0 Å². The number of carbonyl (C=O) groups excluding carboxylic acids is 2. The lowest BCUT2D eigenvalue weighted by Gasteiger charge is -2.39. The Balaban J connectivity index is 2.39. The summed E-state index contributed by atoms with van der Waals surface area (Å²) in [7, 11) is 0. The molecule has 1 saturated heterocycles. The number of esters is 2. The summed E-state index contributed by atoms with van der Waals surface area (Å²) in [6.07, 6.45) is 22.2. The first-order valence-corrected chi connectivity index (χ1v) is 19.8. The van der Waals surface area contributed by atoms with E-state index in [4.69, 9.17) is 18.9 Å². The van der Waals surface area contributed by atoms with Crippen molar-refractivity contribution in [2.45, 2.75) is 205 Å². The highest BCUT2D eigenvalue weighted by Crippen LogP contribution is 2.22. The van der Waals surface area contributed by atoms with Crippen molar-refractivity contribution in [3.05, 3.63) is 12.2 Å². The second-order valence-corrected chi connectivity index (χ2v) is 13.7. The molecule has 0 aromatic rings. The van der Waals surface area contributed by atoms with Crippen molar-refractivity contribution in [2.75, 3.05) is 19.8 Å². The first kappa shape index (κ1) is 45.5. The van der Waals surface area contributed by atoms with Gasteiger partial charge >= 0.3 is 11.9 Å². The lowest BCUT2D eigenvalue weighted by molar-refractivity contribution is -0.305. The Morgan fingerprint density at radius 3 is 1.61 bits per heavy atom. The lowest BCUT2D eigenvalue weighted by Crippen LogP contribution is -2.59. The molecule has 1 heterocycles. The number of carbonyl (C=O) groups is 2. The minimum Gasteiger partial charge on any atom is -0.462 e. The van der Waals surface area contributed by atoms with Crippen LogP contribution in [0.5, 0.6) is 0 Å². The summed E-state index contributed by atoms with van der Waals surface area (Å²) in [4.78, 5) is 25.1. The molecule has 0 aromatic carbocycles. The van der Waals surface area contributed by atoms with Gasteiger partial charge in [0.2, 0.25) is 0 Å². The van der Waals surface area contributed by atoms with Crippen molar-refractivity contribution in [1.29, 1.82) is 0 Å². The van der Waals surface area contributed by atoms with Crippen molar-refractivity contribution in [1.82, 2.24) is 0 Å². The predicted octanol–water partition coefficient (Wildman–Crippen LogP) is 7.22. The van der Waals surface area contributed by atoms with Crippen LogP contribution in [0.25, 0.3) is 0 Å². The molecule has 4 N–H and O–H groups in total. The molecule has 0 aromatic heterocycles. The topological polar surface area (TPSA) is 152 Å². The van der Waals surface area contributed by atoms with Crippen LogP contribution in [0.15, 0.2) is 12.2 Å². The minimum atomic E-state index is -1.59. The Morgan fingerprint density at radius 2 is 1.08 bits per heavy atom. The average molecular weight is 701 g/mol. The zero-order valence-electron chi connectivity index (χ0n) is 30.9. The van der Waals surface area contributed by atoms with Crippen molar-refractivity contribution < 1.29 is 49.0 Å². The summed E-state index contributed by atoms with van der Waals surface area (Å²) in [6, 6.07) is 0. The molecular weight excluding hydrogens is 628 g/mol. The van der Waals surface area contributed by atoms with Crippen LogP contribution < -0.4 is 0 Å². The molecule has 288 valence electrons. The Morgan fingerprint density at radius 1 is 0.612 bits per heavy atom. The van der Waals surface area contributed by atoms with E-state index < -0.39 is 49.4 Å². The summed E-state index contributed by atoms with van der Waals surface area (Å²) in [5.74, 6) is -0.814. The summed E-state index contributed by atoms with van der Waals surface area (Å²) >= 11 is 0. The van der Waals surface area contributed by atoms with Crippen LogP contribution in [0, 0.1) is 0 Å². The van der Waals surface area contributed by atoms with E-state index in [1.165, 1.54) is 77.0 Å². The summed E-state index contributed by atoms with van der Waals surface area (Å²) in [5, 5.41) is 39.9. The van der Waals surface area contributed by atoms with Gasteiger partial charge in [-0.05, 0) is 38.5 Å². The fourth-order valence-corrected chi connectivity index (χ4v) is 5.95. The van der Waals surface area contributed by atoms with Crippen LogP contribution in [0.3, 0.4) is 0 Å². The molecule has 1 fully saturated rings. The third kappa shape index (κ3) is 23.5. The van der Waals surface area contributed by atoms with Crippen molar-refractivity contribution in [3.8, 4) is 0 Å². The largest absolute Gasteiger partial charge is 0.462 e. The Bertz CT molecular complexity index is 820. The highest BCUT2D eigenvalue weighted by atomic mass is 16.7. The predicted molar refractivity (Wildman–Crippen MR) is 192 cm³/mol. The maximum atomic E-state index is 12.7. The van der Waals surface area contributed by atoms with E-state index in [0.717, 1.165) is 57.8 Å². The number of rotatable bonds is 32. The molecule has 0 saturated carbocycles. The maximum absolute atomic E-state index is 12.7. The third-order valence-electron chi connectivity index (χ3n) is 9.15. The van der Waals surface area contributed by atoms with Gasteiger partial charge in [0.25, 0.3) is 0 Å². The van der Waals surface area contributed by atoms with Gasteiger partial charge in [0.15, 0.2) is 12.4 Å². The van der Waals surface area contributed by atoms with Gasteiger partial charge in [-0.3, -0.25) is 9.59 Å². The third-order valence-corrected chi connectivity index (χ3v) is 9.15. The zero-order chi connectivity index (χ0) is 36.0. The maximum Gasteiger partial charge on any atom is 0.306 e. The monoisotopic (exact) mass is 701 g/mol. The smallest absolute Gasteiger partial charge is 0.306 e.